The van der Waals surface area contributed by atoms with Gasteiger partial charge in [0.15, 0.2) is 6.20 Å². The van der Waals surface area contributed by atoms with Crippen molar-refractivity contribution in [3.05, 3.63) is 91.1 Å². The minimum absolute atomic E-state index is 0.0429. The number of halogens is 3. The van der Waals surface area contributed by atoms with Gasteiger partial charge < -0.3 is 14.9 Å². The van der Waals surface area contributed by atoms with Gasteiger partial charge in [-0.3, -0.25) is 9.36 Å². The van der Waals surface area contributed by atoms with Crippen LogP contribution < -0.4 is 4.74 Å². The van der Waals surface area contributed by atoms with Crippen LogP contribution in [0.15, 0.2) is 58.5 Å². The molecule has 0 saturated carbocycles. The van der Waals surface area contributed by atoms with Gasteiger partial charge in [0.25, 0.3) is 0 Å². The van der Waals surface area contributed by atoms with E-state index in [1.165, 1.54) is 24.4 Å². The van der Waals surface area contributed by atoms with Crippen molar-refractivity contribution >= 4 is 43.3 Å². The maximum atomic E-state index is 14.4. The molecule has 1 atom stereocenters. The van der Waals surface area contributed by atoms with E-state index >= 15 is 0 Å². The fraction of sp³-hybridized carbons (Fsp3) is 0.208. The molecule has 4 rings (SSSR count). The summed E-state index contributed by atoms with van der Waals surface area (Å²) in [5, 5.41) is 20.5. The highest BCUT2D eigenvalue weighted by Gasteiger charge is 2.25. The molecule has 0 aliphatic heterocycles. The van der Waals surface area contributed by atoms with Gasteiger partial charge in [-0.05, 0) is 79.4 Å². The molecule has 0 aliphatic rings. The summed E-state index contributed by atoms with van der Waals surface area (Å²) in [5.74, 6) is -0.958. The van der Waals surface area contributed by atoms with Crippen molar-refractivity contribution in [2.24, 2.45) is 7.05 Å². The summed E-state index contributed by atoms with van der Waals surface area (Å²) in [6.07, 6.45) is 4.26. The van der Waals surface area contributed by atoms with Gasteiger partial charge in [-0.1, -0.05) is 6.58 Å². The molecule has 36 heavy (non-hydrogen) atoms. The van der Waals surface area contributed by atoms with Gasteiger partial charge in [-0.15, -0.1) is 0 Å². The summed E-state index contributed by atoms with van der Waals surface area (Å²) in [5.41, 5.74) is 3.83. The summed E-state index contributed by atoms with van der Waals surface area (Å²) in [7, 11) is 1.78. The van der Waals surface area contributed by atoms with Crippen LogP contribution >= 0.6 is 31.9 Å². The average molecular weight is 620 g/mol. The molecule has 0 aliphatic carbocycles. The number of nitrogens with zero attached hydrogens (tertiary/aromatic N) is 6. The van der Waals surface area contributed by atoms with Crippen molar-refractivity contribution in [1.29, 1.82) is 0 Å². The van der Waals surface area contributed by atoms with Crippen LogP contribution in [0.25, 0.3) is 16.8 Å². The molecule has 3 heterocycles. The first-order chi connectivity index (χ1) is 17.1. The van der Waals surface area contributed by atoms with Crippen molar-refractivity contribution in [1.82, 2.24) is 24.5 Å². The second kappa shape index (κ2) is 10.3. The quantitative estimate of drug-likeness (QED) is 0.165. The standard InChI is InChI=1S/C24H21Br2FN6O3/c1-5-32-12-20(23(26)30-32)13(2)19-11-31(4)29-22(19)17-7-6-16(27)9-18(17)14(3)36-21-8-15(25)10-28-24(21)33(34)35/h6-12,14H,2,5H2,1,3-4H3/t14-/m1/s1. The lowest BCUT2D eigenvalue weighted by Gasteiger charge is -2.18. The number of hydrogen-bond acceptors (Lipinski definition) is 6. The van der Waals surface area contributed by atoms with Crippen molar-refractivity contribution in [2.45, 2.75) is 26.5 Å². The van der Waals surface area contributed by atoms with Gasteiger partial charge in [0.05, 0.1) is 4.47 Å². The zero-order chi connectivity index (χ0) is 26.1. The highest BCUT2D eigenvalue weighted by Crippen LogP contribution is 2.39. The van der Waals surface area contributed by atoms with Crippen LogP contribution in [0.4, 0.5) is 10.2 Å². The van der Waals surface area contributed by atoms with Crippen LogP contribution in [0.1, 0.15) is 36.6 Å². The van der Waals surface area contributed by atoms with Gasteiger partial charge in [0.1, 0.15) is 22.2 Å². The van der Waals surface area contributed by atoms with Crippen LogP contribution in [-0.4, -0.2) is 29.5 Å². The zero-order valence-corrected chi connectivity index (χ0v) is 22.7. The third kappa shape index (κ3) is 5.09. The molecular formula is C24H21Br2FN6O3. The zero-order valence-electron chi connectivity index (χ0n) is 19.6. The monoisotopic (exact) mass is 618 g/mol. The summed E-state index contributed by atoms with van der Waals surface area (Å²) in [4.78, 5) is 14.7. The van der Waals surface area contributed by atoms with Crippen LogP contribution in [-0.2, 0) is 13.6 Å². The molecule has 0 spiro atoms. The van der Waals surface area contributed by atoms with E-state index in [1.807, 2.05) is 19.3 Å². The lowest BCUT2D eigenvalue weighted by atomic mass is 9.94. The second-order valence-electron chi connectivity index (χ2n) is 7.96. The highest BCUT2D eigenvalue weighted by molar-refractivity contribution is 9.10. The van der Waals surface area contributed by atoms with E-state index in [1.54, 1.807) is 29.4 Å². The predicted octanol–water partition coefficient (Wildman–Crippen LogP) is 6.47. The van der Waals surface area contributed by atoms with E-state index in [4.69, 9.17) is 4.74 Å². The van der Waals surface area contributed by atoms with E-state index in [2.05, 4.69) is 53.6 Å². The smallest absolute Gasteiger partial charge is 0.406 e. The normalized spacial score (nSPS) is 11.9. The molecule has 0 saturated heterocycles. The van der Waals surface area contributed by atoms with Crippen LogP contribution in [0, 0.1) is 15.9 Å². The number of nitro groups is 1. The Hall–Kier alpha value is -3.38. The summed E-state index contributed by atoms with van der Waals surface area (Å²) in [6.45, 7) is 8.63. The molecular weight excluding hydrogens is 599 g/mol. The number of aryl methyl sites for hydroxylation is 2. The molecule has 0 bridgehead atoms. The average Bonchev–Trinajstić information content (AvgIpc) is 3.40. The number of hydrogen-bond donors (Lipinski definition) is 0. The molecule has 0 fully saturated rings. The summed E-state index contributed by atoms with van der Waals surface area (Å²) < 4.78 is 25.0. The van der Waals surface area contributed by atoms with Crippen molar-refractivity contribution in [2.75, 3.05) is 0 Å². The van der Waals surface area contributed by atoms with Gasteiger partial charge >= 0.3 is 5.82 Å². The molecule has 9 nitrogen and oxygen atoms in total. The van der Waals surface area contributed by atoms with E-state index in [9.17, 15) is 14.5 Å². The lowest BCUT2D eigenvalue weighted by Crippen LogP contribution is -2.08. The maximum absolute atomic E-state index is 14.4. The Labute approximate surface area is 223 Å². The number of aromatic nitrogens is 5. The van der Waals surface area contributed by atoms with Crippen molar-refractivity contribution in [3.8, 4) is 17.0 Å². The van der Waals surface area contributed by atoms with Gasteiger partial charge in [-0.25, -0.2) is 4.39 Å². The first kappa shape index (κ1) is 25.7. The number of benzene rings is 1. The SMILES string of the molecule is C=C(c1cn(CC)nc1Br)c1cn(C)nc1-c1ccc(F)cc1[C@@H](C)Oc1cc(Br)cnc1[N+](=O)[O-]. The largest absolute Gasteiger partial charge is 0.478 e. The Balaban J connectivity index is 1.79. The summed E-state index contributed by atoms with van der Waals surface area (Å²) >= 11 is 6.76. The first-order valence-corrected chi connectivity index (χ1v) is 12.4. The molecule has 1 aromatic carbocycles. The van der Waals surface area contributed by atoms with Crippen molar-refractivity contribution in [3.63, 3.8) is 0 Å². The van der Waals surface area contributed by atoms with Gasteiger partial charge in [-0.2, -0.15) is 10.2 Å². The highest BCUT2D eigenvalue weighted by atomic mass is 79.9. The Morgan fingerprint density at radius 1 is 1.25 bits per heavy atom. The molecule has 0 amide bonds. The minimum atomic E-state index is -0.775. The van der Waals surface area contributed by atoms with Gasteiger partial charge in [0, 0.05) is 54.3 Å². The minimum Gasteiger partial charge on any atom is -0.478 e. The topological polar surface area (TPSA) is 101 Å². The Morgan fingerprint density at radius 2 is 2.00 bits per heavy atom. The molecule has 12 heteroatoms. The third-order valence-electron chi connectivity index (χ3n) is 5.50. The predicted molar refractivity (Wildman–Crippen MR) is 140 cm³/mol. The molecule has 0 radical (unpaired) electrons. The Bertz CT molecular complexity index is 1480. The number of rotatable bonds is 8. The molecule has 4 aromatic rings. The first-order valence-electron chi connectivity index (χ1n) is 10.8. The van der Waals surface area contributed by atoms with E-state index < -0.39 is 22.7 Å². The second-order valence-corrected chi connectivity index (χ2v) is 9.62. The van der Waals surface area contributed by atoms with Crippen LogP contribution in [0.3, 0.4) is 0 Å². The Morgan fingerprint density at radius 3 is 2.67 bits per heavy atom. The lowest BCUT2D eigenvalue weighted by molar-refractivity contribution is -0.390. The fourth-order valence-corrected chi connectivity index (χ4v) is 4.65. The number of ether oxygens (including phenoxy) is 1. The molecule has 0 unspecified atom stereocenters. The van der Waals surface area contributed by atoms with E-state index in [0.29, 0.717) is 38.0 Å². The number of pyridine rings is 1. The van der Waals surface area contributed by atoms with Crippen LogP contribution in [0.2, 0.25) is 0 Å². The third-order valence-corrected chi connectivity index (χ3v) is 6.52. The van der Waals surface area contributed by atoms with E-state index in [-0.39, 0.29) is 5.75 Å². The van der Waals surface area contributed by atoms with Crippen molar-refractivity contribution < 1.29 is 14.1 Å². The van der Waals surface area contributed by atoms with Crippen LogP contribution in [0.5, 0.6) is 5.75 Å². The fourth-order valence-electron chi connectivity index (χ4n) is 3.79. The molecule has 3 aromatic heterocycles. The Kier molecular flexibility index (Phi) is 7.36. The molecule has 186 valence electrons. The van der Waals surface area contributed by atoms with E-state index in [0.717, 1.165) is 11.1 Å². The molecule has 0 N–H and O–H groups in total. The van der Waals surface area contributed by atoms with Gasteiger partial charge in [0.2, 0.25) is 5.75 Å². The summed E-state index contributed by atoms with van der Waals surface area (Å²) in [6, 6.07) is 5.74. The maximum Gasteiger partial charge on any atom is 0.406 e.